The van der Waals surface area contributed by atoms with Crippen molar-refractivity contribution >= 4 is 24.5 Å². The second-order valence-corrected chi connectivity index (χ2v) is 7.05. The lowest BCUT2D eigenvalue weighted by Gasteiger charge is -2.09. The maximum atomic E-state index is 12.3. The van der Waals surface area contributed by atoms with Crippen LogP contribution in [0.2, 0.25) is 0 Å². The zero-order chi connectivity index (χ0) is 19.5. The van der Waals surface area contributed by atoms with Crippen molar-refractivity contribution < 1.29 is 9.53 Å². The summed E-state index contributed by atoms with van der Waals surface area (Å²) in [5, 5.41) is 0. The quantitative estimate of drug-likeness (QED) is 0.218. The predicted molar refractivity (Wildman–Crippen MR) is 117 cm³/mol. The Morgan fingerprint density at radius 3 is 2.67 bits per heavy atom. The fraction of sp³-hybridized carbons (Fsp3) is 0.333. The highest BCUT2D eigenvalue weighted by molar-refractivity contribution is 7.84. The van der Waals surface area contributed by atoms with Gasteiger partial charge in [0.2, 0.25) is 0 Å². The van der Waals surface area contributed by atoms with Crippen LogP contribution in [-0.4, -0.2) is 12.9 Å². The molecule has 0 fully saturated rings. The van der Waals surface area contributed by atoms with Gasteiger partial charge in [-0.05, 0) is 60.3 Å². The lowest BCUT2D eigenvalue weighted by atomic mass is 9.95. The molecule has 0 unspecified atom stereocenters. The van der Waals surface area contributed by atoms with Crippen LogP contribution >= 0.6 is 12.6 Å². The van der Waals surface area contributed by atoms with E-state index >= 15 is 0 Å². The molecule has 2 rings (SSSR count). The van der Waals surface area contributed by atoms with Crippen LogP contribution in [0.3, 0.4) is 0 Å². The highest BCUT2D eigenvalue weighted by Gasteiger charge is 2.09. The number of benzene rings is 1. The van der Waals surface area contributed by atoms with E-state index in [1.807, 2.05) is 42.5 Å². The van der Waals surface area contributed by atoms with Gasteiger partial charge in [-0.25, -0.2) is 0 Å². The molecule has 142 valence electrons. The van der Waals surface area contributed by atoms with E-state index in [1.54, 1.807) is 13.2 Å². The number of hydrogen-bond acceptors (Lipinski definition) is 3. The Bertz CT molecular complexity index is 788. The molecule has 3 heteroatoms. The Labute approximate surface area is 168 Å². The number of allylic oxidation sites excluding steroid dienone is 5. The third-order valence-corrected chi connectivity index (χ3v) is 4.73. The van der Waals surface area contributed by atoms with Crippen molar-refractivity contribution in [3.05, 3.63) is 75.9 Å². The van der Waals surface area contributed by atoms with Crippen LogP contribution in [0.15, 0.2) is 70.4 Å². The van der Waals surface area contributed by atoms with Crippen molar-refractivity contribution in [3.63, 3.8) is 0 Å². The van der Waals surface area contributed by atoms with E-state index in [0.717, 1.165) is 34.6 Å². The predicted octanol–water partition coefficient (Wildman–Crippen LogP) is 6.47. The number of ketones is 1. The summed E-state index contributed by atoms with van der Waals surface area (Å²) >= 11 is 4.44. The van der Waals surface area contributed by atoms with Gasteiger partial charge in [-0.1, -0.05) is 50.1 Å². The maximum Gasteiger partial charge on any atom is 0.156 e. The molecule has 1 aromatic carbocycles. The average molecular weight is 381 g/mol. The monoisotopic (exact) mass is 380 g/mol. The normalized spacial score (nSPS) is 13.8. The largest absolute Gasteiger partial charge is 0.497 e. The van der Waals surface area contributed by atoms with Gasteiger partial charge in [-0.15, -0.1) is 18.4 Å². The summed E-state index contributed by atoms with van der Waals surface area (Å²) in [5.74, 6) is 0.926. The van der Waals surface area contributed by atoms with Crippen molar-refractivity contribution in [1.82, 2.24) is 0 Å². The minimum Gasteiger partial charge on any atom is -0.497 e. The third kappa shape index (κ3) is 7.50. The van der Waals surface area contributed by atoms with Gasteiger partial charge < -0.3 is 4.74 Å². The van der Waals surface area contributed by atoms with Crippen molar-refractivity contribution in [2.45, 2.75) is 45.4 Å². The van der Waals surface area contributed by atoms with Crippen LogP contribution < -0.4 is 4.74 Å². The van der Waals surface area contributed by atoms with Gasteiger partial charge in [0.15, 0.2) is 5.78 Å². The zero-order valence-electron chi connectivity index (χ0n) is 16.2. The van der Waals surface area contributed by atoms with Crippen LogP contribution in [0.1, 0.15) is 51.0 Å². The van der Waals surface area contributed by atoms with E-state index < -0.39 is 0 Å². The topological polar surface area (TPSA) is 26.3 Å². The molecule has 0 aliphatic heterocycles. The number of thiol groups is 1. The van der Waals surface area contributed by atoms with Gasteiger partial charge in [-0.2, -0.15) is 0 Å². The van der Waals surface area contributed by atoms with Gasteiger partial charge >= 0.3 is 0 Å². The third-order valence-electron chi connectivity index (χ3n) is 4.47. The molecule has 0 heterocycles. The molecule has 1 aromatic rings. The van der Waals surface area contributed by atoms with E-state index in [1.165, 1.54) is 18.4 Å². The first-order chi connectivity index (χ1) is 13.1. The minimum absolute atomic E-state index is 0.117. The molecular formula is C24H28O2S. The minimum atomic E-state index is 0.117. The van der Waals surface area contributed by atoms with Gasteiger partial charge in [0.25, 0.3) is 0 Å². The van der Waals surface area contributed by atoms with E-state index in [0.29, 0.717) is 12.8 Å². The molecule has 0 radical (unpaired) electrons. The fourth-order valence-electron chi connectivity index (χ4n) is 2.89. The smallest absolute Gasteiger partial charge is 0.156 e. The molecule has 1 aliphatic carbocycles. The first-order valence-electron chi connectivity index (χ1n) is 9.53. The number of carbonyl (C=O) groups excluding carboxylic acids is 1. The Morgan fingerprint density at radius 1 is 1.19 bits per heavy atom. The summed E-state index contributed by atoms with van der Waals surface area (Å²) in [4.78, 5) is 13.1. The zero-order valence-corrected chi connectivity index (χ0v) is 17.1. The molecule has 0 N–H and O–H groups in total. The van der Waals surface area contributed by atoms with E-state index in [2.05, 4.69) is 31.4 Å². The van der Waals surface area contributed by atoms with Gasteiger partial charge in [0, 0.05) is 11.3 Å². The summed E-state index contributed by atoms with van der Waals surface area (Å²) < 4.78 is 5.15. The van der Waals surface area contributed by atoms with Crippen LogP contribution in [0, 0.1) is 0 Å². The molecule has 0 saturated heterocycles. The molecule has 0 atom stereocenters. The summed E-state index contributed by atoms with van der Waals surface area (Å²) in [6, 6.07) is 7.65. The van der Waals surface area contributed by atoms with Gasteiger partial charge in [0.05, 0.1) is 7.11 Å². The molecular weight excluding hydrogens is 352 g/mol. The molecule has 0 spiro atoms. The summed E-state index contributed by atoms with van der Waals surface area (Å²) in [7, 11) is 1.64. The highest BCUT2D eigenvalue weighted by atomic mass is 32.1. The molecule has 0 amide bonds. The fourth-order valence-corrected chi connectivity index (χ4v) is 3.11. The van der Waals surface area contributed by atoms with Crippen LogP contribution in [-0.2, 0) is 4.79 Å². The summed E-state index contributed by atoms with van der Waals surface area (Å²) in [6.45, 7) is 2.21. The Kier molecular flexibility index (Phi) is 8.97. The number of hydrogen-bond donors (Lipinski definition) is 1. The maximum absolute atomic E-state index is 12.3. The van der Waals surface area contributed by atoms with Crippen molar-refractivity contribution in [1.29, 1.82) is 0 Å². The van der Waals surface area contributed by atoms with E-state index in [-0.39, 0.29) is 5.78 Å². The first-order valence-corrected chi connectivity index (χ1v) is 9.98. The number of ether oxygens (including phenoxy) is 1. The van der Waals surface area contributed by atoms with Crippen LogP contribution in [0.4, 0.5) is 0 Å². The van der Waals surface area contributed by atoms with Crippen molar-refractivity contribution in [2.75, 3.05) is 7.11 Å². The number of rotatable bonds is 10. The Balaban J connectivity index is 1.96. The average Bonchev–Trinajstić information content (AvgIpc) is 2.86. The SMILES string of the molecule is CCCCCC1=CC=CC(S)=C=C1CCC(=O)/C=C/c1ccc(OC)cc1. The van der Waals surface area contributed by atoms with Gasteiger partial charge in [0.1, 0.15) is 5.75 Å². The molecule has 2 nitrogen and oxygen atoms in total. The Morgan fingerprint density at radius 2 is 1.96 bits per heavy atom. The molecule has 0 aromatic heterocycles. The van der Waals surface area contributed by atoms with Crippen LogP contribution in [0.25, 0.3) is 6.08 Å². The number of methoxy groups -OCH3 is 1. The summed E-state index contributed by atoms with van der Waals surface area (Å²) in [5.41, 5.74) is 6.71. The molecule has 0 bridgehead atoms. The molecule has 1 aliphatic rings. The second-order valence-electron chi connectivity index (χ2n) is 6.57. The van der Waals surface area contributed by atoms with E-state index in [9.17, 15) is 4.79 Å². The lowest BCUT2D eigenvalue weighted by Crippen LogP contribution is -1.97. The van der Waals surface area contributed by atoms with Crippen molar-refractivity contribution in [3.8, 4) is 5.75 Å². The standard InChI is InChI=1S/C24H28O2S/c1-3-4-5-7-20-8-6-9-24(27)18-21(20)13-15-22(25)14-10-19-11-16-23(26-2)17-12-19/h6,8-12,14,16-17,27H,3-5,7,13,15H2,1-2H3/b14-10+. The van der Waals surface area contributed by atoms with Crippen molar-refractivity contribution in [2.24, 2.45) is 0 Å². The Hall–Kier alpha value is -2.22. The van der Waals surface area contributed by atoms with Crippen LogP contribution in [0.5, 0.6) is 5.75 Å². The molecule has 0 saturated carbocycles. The second kappa shape index (κ2) is 11.5. The first kappa shape index (κ1) is 21.1. The highest BCUT2D eigenvalue weighted by Crippen LogP contribution is 2.25. The summed E-state index contributed by atoms with van der Waals surface area (Å²) in [6.07, 6.45) is 15.4. The molecule has 27 heavy (non-hydrogen) atoms. The van der Waals surface area contributed by atoms with E-state index in [4.69, 9.17) is 4.74 Å². The van der Waals surface area contributed by atoms with Gasteiger partial charge in [-0.3, -0.25) is 4.79 Å². The lowest BCUT2D eigenvalue weighted by molar-refractivity contribution is -0.114. The number of unbranched alkanes of at least 4 members (excludes halogenated alkanes) is 2. The number of carbonyl (C=O) groups is 1.